The summed E-state index contributed by atoms with van der Waals surface area (Å²) in [5, 5.41) is 27.1. The smallest absolute Gasteiger partial charge is 0.326 e. The number of nitrogens with zero attached hydrogens (tertiary/aromatic N) is 3. The van der Waals surface area contributed by atoms with Crippen LogP contribution >= 0.6 is 0 Å². The molecule has 0 saturated carbocycles. The second-order valence-electron chi connectivity index (χ2n) is 10.2. The van der Waals surface area contributed by atoms with E-state index in [1.165, 1.54) is 24.7 Å². The lowest BCUT2D eigenvalue weighted by Gasteiger charge is -2.25. The first-order chi connectivity index (χ1) is 21.3. The Kier molecular flexibility index (Phi) is 14.6. The largest absolute Gasteiger partial charge is 0.508 e. The third kappa shape index (κ3) is 13.6. The van der Waals surface area contributed by atoms with Crippen molar-refractivity contribution in [2.45, 2.75) is 62.7 Å². The number of carbonyl (C=O) groups is 4. The van der Waals surface area contributed by atoms with E-state index in [0.717, 1.165) is 0 Å². The quantitative estimate of drug-likeness (QED) is 0.0417. The van der Waals surface area contributed by atoms with Crippen molar-refractivity contribution < 1.29 is 29.4 Å². The van der Waals surface area contributed by atoms with Crippen LogP contribution in [-0.2, 0) is 32.0 Å². The van der Waals surface area contributed by atoms with Crippen LogP contribution in [0.25, 0.3) is 0 Å². The lowest BCUT2D eigenvalue weighted by Crippen LogP contribution is -2.58. The highest BCUT2D eigenvalue weighted by molar-refractivity contribution is 5.94. The summed E-state index contributed by atoms with van der Waals surface area (Å²) in [6.07, 6.45) is 3.71. The molecule has 2 aromatic rings. The van der Waals surface area contributed by atoms with E-state index in [9.17, 15) is 29.4 Å². The zero-order valence-corrected chi connectivity index (χ0v) is 24.7. The second-order valence-corrected chi connectivity index (χ2v) is 10.2. The summed E-state index contributed by atoms with van der Waals surface area (Å²) in [6, 6.07) is 1.18. The molecule has 1 aromatic heterocycles. The Hall–Kier alpha value is -5.39. The Morgan fingerprint density at radius 3 is 1.87 bits per heavy atom. The third-order valence-electron chi connectivity index (χ3n) is 6.49. The minimum absolute atomic E-state index is 0.00697. The molecule has 4 atom stereocenters. The molecule has 4 unspecified atom stereocenters. The van der Waals surface area contributed by atoms with Gasteiger partial charge in [0.1, 0.15) is 23.9 Å². The average molecular weight is 631 g/mol. The number of phenols is 1. The number of hydrogen-bond donors (Lipinski definition) is 11. The van der Waals surface area contributed by atoms with Crippen LogP contribution in [0.2, 0.25) is 0 Å². The molecule has 0 saturated heterocycles. The number of aliphatic imine (C=N–C) groups is 2. The molecule has 0 radical (unpaired) electrons. The number of aromatic hydroxyl groups is 1. The van der Waals surface area contributed by atoms with Crippen molar-refractivity contribution in [3.63, 3.8) is 0 Å². The standard InChI is InChI=1S/C27H42N12O6/c28-18(3-1-9-34-26(29)30)22(41)38-21(12-16-13-33-14-36-16)24(43)39-20(11-15-5-7-17(40)8-6-15)23(42)37-19(25(44)45)4-2-10-35-27(31)32/h5-8,13-14,18-21,40H,1-4,9-12,28H2,(H,33,36)(H,37,42)(H,38,41)(H,39,43)(H,44,45)(H4,29,30,34)(H4,31,32,35). The Morgan fingerprint density at radius 2 is 1.33 bits per heavy atom. The van der Waals surface area contributed by atoms with Crippen molar-refractivity contribution in [1.82, 2.24) is 25.9 Å². The van der Waals surface area contributed by atoms with Crippen LogP contribution < -0.4 is 44.6 Å². The number of amides is 3. The summed E-state index contributed by atoms with van der Waals surface area (Å²) < 4.78 is 0. The van der Waals surface area contributed by atoms with Crippen LogP contribution in [0.5, 0.6) is 5.75 Å². The number of carboxylic acids is 1. The number of carbonyl (C=O) groups excluding carboxylic acids is 3. The van der Waals surface area contributed by atoms with Crippen LogP contribution in [0.4, 0.5) is 0 Å². The number of rotatable bonds is 19. The molecule has 1 aromatic carbocycles. The topological polar surface area (TPSA) is 328 Å². The molecule has 18 heteroatoms. The van der Waals surface area contributed by atoms with Gasteiger partial charge in [-0.1, -0.05) is 12.1 Å². The molecule has 0 aliphatic rings. The van der Waals surface area contributed by atoms with Gasteiger partial charge >= 0.3 is 5.97 Å². The summed E-state index contributed by atoms with van der Waals surface area (Å²) in [5.41, 5.74) is 28.3. The van der Waals surface area contributed by atoms with Crippen LogP contribution in [0, 0.1) is 0 Å². The van der Waals surface area contributed by atoms with Crippen molar-refractivity contribution in [3.05, 3.63) is 48.0 Å². The summed E-state index contributed by atoms with van der Waals surface area (Å²) in [4.78, 5) is 66.3. The Labute approximate surface area is 259 Å². The number of H-pyrrole nitrogens is 1. The molecule has 0 aliphatic heterocycles. The van der Waals surface area contributed by atoms with Gasteiger partial charge in [-0.25, -0.2) is 9.78 Å². The molecule has 246 valence electrons. The highest BCUT2D eigenvalue weighted by atomic mass is 16.4. The molecule has 18 nitrogen and oxygen atoms in total. The molecule has 16 N–H and O–H groups in total. The van der Waals surface area contributed by atoms with Gasteiger partial charge < -0.3 is 59.8 Å². The molecule has 0 fully saturated rings. The Morgan fingerprint density at radius 1 is 0.800 bits per heavy atom. The van der Waals surface area contributed by atoms with Crippen molar-refractivity contribution >= 4 is 35.6 Å². The van der Waals surface area contributed by atoms with Gasteiger partial charge in [-0.3, -0.25) is 24.4 Å². The number of carboxylic acid groups (broad SMARTS) is 1. The van der Waals surface area contributed by atoms with E-state index in [-0.39, 0.29) is 62.9 Å². The van der Waals surface area contributed by atoms with Gasteiger partial charge in [0.25, 0.3) is 0 Å². The van der Waals surface area contributed by atoms with Gasteiger partial charge in [-0.05, 0) is 43.4 Å². The predicted octanol–water partition coefficient (Wildman–Crippen LogP) is -3.13. The monoisotopic (exact) mass is 630 g/mol. The van der Waals surface area contributed by atoms with E-state index >= 15 is 0 Å². The van der Waals surface area contributed by atoms with Gasteiger partial charge in [0, 0.05) is 37.8 Å². The number of hydrogen-bond acceptors (Lipinski definition) is 9. The van der Waals surface area contributed by atoms with E-state index in [1.807, 2.05) is 0 Å². The zero-order chi connectivity index (χ0) is 33.4. The SMILES string of the molecule is NC(N)=NCCCC(N)C(=O)NC(Cc1cnc[nH]1)C(=O)NC(Cc1ccc(O)cc1)C(=O)NC(CCCN=C(N)N)C(=O)O. The molecule has 3 amide bonds. The number of benzene rings is 1. The minimum atomic E-state index is -1.30. The molecule has 45 heavy (non-hydrogen) atoms. The van der Waals surface area contributed by atoms with Crippen LogP contribution in [0.15, 0.2) is 46.8 Å². The molecular formula is C27H42N12O6. The third-order valence-corrected chi connectivity index (χ3v) is 6.49. The number of imidazole rings is 1. The number of nitrogens with one attached hydrogen (secondary N) is 4. The molecule has 0 aliphatic carbocycles. The lowest BCUT2D eigenvalue weighted by molar-refractivity contribution is -0.142. The minimum Gasteiger partial charge on any atom is -0.508 e. The highest BCUT2D eigenvalue weighted by Crippen LogP contribution is 2.12. The first kappa shape index (κ1) is 35.8. The maximum absolute atomic E-state index is 13.6. The summed E-state index contributed by atoms with van der Waals surface area (Å²) in [7, 11) is 0. The normalized spacial score (nSPS) is 13.4. The molecule has 2 rings (SSSR count). The molecule has 0 spiro atoms. The van der Waals surface area contributed by atoms with Crippen molar-refractivity contribution in [2.24, 2.45) is 38.7 Å². The van der Waals surface area contributed by atoms with Gasteiger partial charge in [-0.2, -0.15) is 0 Å². The van der Waals surface area contributed by atoms with E-state index in [0.29, 0.717) is 17.7 Å². The maximum atomic E-state index is 13.6. The number of aliphatic carboxylic acids is 1. The van der Waals surface area contributed by atoms with Gasteiger partial charge in [0.15, 0.2) is 11.9 Å². The van der Waals surface area contributed by atoms with Crippen molar-refractivity contribution in [1.29, 1.82) is 0 Å². The molecular weight excluding hydrogens is 588 g/mol. The first-order valence-corrected chi connectivity index (χ1v) is 14.1. The van der Waals surface area contributed by atoms with Crippen LogP contribution in [0.3, 0.4) is 0 Å². The Balaban J connectivity index is 2.23. The van der Waals surface area contributed by atoms with Crippen molar-refractivity contribution in [2.75, 3.05) is 13.1 Å². The number of phenolic OH excluding ortho intramolecular Hbond substituents is 1. The van der Waals surface area contributed by atoms with Crippen LogP contribution in [-0.4, -0.2) is 93.0 Å². The van der Waals surface area contributed by atoms with E-state index in [2.05, 4.69) is 35.9 Å². The zero-order valence-electron chi connectivity index (χ0n) is 24.7. The number of nitrogens with two attached hydrogens (primary N) is 5. The predicted molar refractivity (Wildman–Crippen MR) is 165 cm³/mol. The van der Waals surface area contributed by atoms with Gasteiger partial charge in [0.2, 0.25) is 17.7 Å². The van der Waals surface area contributed by atoms with E-state index in [1.54, 1.807) is 12.1 Å². The maximum Gasteiger partial charge on any atom is 0.326 e. The fourth-order valence-electron chi connectivity index (χ4n) is 4.14. The van der Waals surface area contributed by atoms with Gasteiger partial charge in [-0.15, -0.1) is 0 Å². The summed E-state index contributed by atoms with van der Waals surface area (Å²) in [5.74, 6) is -3.67. The van der Waals surface area contributed by atoms with E-state index in [4.69, 9.17) is 28.7 Å². The summed E-state index contributed by atoms with van der Waals surface area (Å²) in [6.45, 7) is 0.419. The lowest BCUT2D eigenvalue weighted by atomic mass is 10.0. The second kappa shape index (κ2) is 18.3. The number of aromatic amines is 1. The molecule has 1 heterocycles. The number of guanidine groups is 2. The fraction of sp³-hybridized carbons (Fsp3) is 0.444. The molecule has 0 bridgehead atoms. The summed E-state index contributed by atoms with van der Waals surface area (Å²) >= 11 is 0. The van der Waals surface area contributed by atoms with Crippen molar-refractivity contribution in [3.8, 4) is 5.75 Å². The average Bonchev–Trinajstić information content (AvgIpc) is 3.49. The number of aromatic nitrogens is 2. The van der Waals surface area contributed by atoms with E-state index < -0.39 is 47.9 Å². The van der Waals surface area contributed by atoms with Crippen LogP contribution in [0.1, 0.15) is 36.9 Å². The first-order valence-electron chi connectivity index (χ1n) is 14.1. The fourth-order valence-corrected chi connectivity index (χ4v) is 4.14. The van der Waals surface area contributed by atoms with Gasteiger partial charge in [0.05, 0.1) is 12.4 Å². The Bertz CT molecular complexity index is 1310. The highest BCUT2D eigenvalue weighted by Gasteiger charge is 2.31.